The number of aliphatic hydroxyl groups is 1. The van der Waals surface area contributed by atoms with E-state index in [1.54, 1.807) is 0 Å². The quantitative estimate of drug-likeness (QED) is 0.708. The SMILES string of the molecule is OCC1CN(CC2CC=CCC2)CCO1. The monoisotopic (exact) mass is 211 g/mol. The third-order valence-electron chi connectivity index (χ3n) is 3.32. The largest absolute Gasteiger partial charge is 0.394 e. The van der Waals surface area contributed by atoms with E-state index in [2.05, 4.69) is 17.1 Å². The second kappa shape index (κ2) is 5.64. The fourth-order valence-corrected chi connectivity index (χ4v) is 2.44. The van der Waals surface area contributed by atoms with E-state index in [1.165, 1.54) is 25.8 Å². The molecule has 1 fully saturated rings. The molecule has 0 aromatic rings. The fourth-order valence-electron chi connectivity index (χ4n) is 2.44. The first-order valence-corrected chi connectivity index (χ1v) is 5.98. The Bertz CT molecular complexity index is 218. The van der Waals surface area contributed by atoms with Crippen molar-refractivity contribution in [3.8, 4) is 0 Å². The van der Waals surface area contributed by atoms with Crippen LogP contribution in [0.4, 0.5) is 0 Å². The van der Waals surface area contributed by atoms with Gasteiger partial charge in [0, 0.05) is 19.6 Å². The Labute approximate surface area is 91.7 Å². The first kappa shape index (κ1) is 11.1. The van der Waals surface area contributed by atoms with Gasteiger partial charge in [-0.15, -0.1) is 0 Å². The summed E-state index contributed by atoms with van der Waals surface area (Å²) < 4.78 is 5.44. The molecule has 0 radical (unpaired) electrons. The molecular weight excluding hydrogens is 190 g/mol. The molecule has 1 aliphatic carbocycles. The van der Waals surface area contributed by atoms with E-state index in [0.29, 0.717) is 0 Å². The highest BCUT2D eigenvalue weighted by molar-refractivity contribution is 4.91. The molecule has 0 amide bonds. The summed E-state index contributed by atoms with van der Waals surface area (Å²) in [6, 6.07) is 0. The summed E-state index contributed by atoms with van der Waals surface area (Å²) in [6.45, 7) is 4.02. The van der Waals surface area contributed by atoms with Crippen LogP contribution in [0.3, 0.4) is 0 Å². The molecule has 1 heterocycles. The number of rotatable bonds is 3. The van der Waals surface area contributed by atoms with Gasteiger partial charge in [0.05, 0.1) is 19.3 Å². The number of morpholine rings is 1. The predicted octanol–water partition coefficient (Wildman–Crippen LogP) is 1.04. The summed E-state index contributed by atoms with van der Waals surface area (Å²) in [5.41, 5.74) is 0. The lowest BCUT2D eigenvalue weighted by atomic mass is 9.94. The molecule has 2 aliphatic rings. The molecule has 0 bridgehead atoms. The van der Waals surface area contributed by atoms with Gasteiger partial charge < -0.3 is 9.84 Å². The summed E-state index contributed by atoms with van der Waals surface area (Å²) in [4.78, 5) is 2.44. The molecule has 86 valence electrons. The van der Waals surface area contributed by atoms with Gasteiger partial charge in [0.2, 0.25) is 0 Å². The normalized spacial score (nSPS) is 33.1. The minimum atomic E-state index is 0.0397. The van der Waals surface area contributed by atoms with Gasteiger partial charge in [0.1, 0.15) is 0 Å². The van der Waals surface area contributed by atoms with Crippen molar-refractivity contribution in [3.63, 3.8) is 0 Å². The van der Waals surface area contributed by atoms with Crippen molar-refractivity contribution in [3.05, 3.63) is 12.2 Å². The molecule has 2 unspecified atom stereocenters. The van der Waals surface area contributed by atoms with Crippen LogP contribution in [-0.4, -0.2) is 49.0 Å². The van der Waals surface area contributed by atoms with Crippen LogP contribution in [0.1, 0.15) is 19.3 Å². The summed E-state index contributed by atoms with van der Waals surface area (Å²) in [6.07, 6.45) is 8.40. The number of nitrogens with zero attached hydrogens (tertiary/aromatic N) is 1. The molecule has 1 aliphatic heterocycles. The first-order valence-electron chi connectivity index (χ1n) is 5.98. The molecule has 0 spiro atoms. The van der Waals surface area contributed by atoms with Crippen molar-refractivity contribution >= 4 is 0 Å². The van der Waals surface area contributed by atoms with Gasteiger partial charge in [-0.25, -0.2) is 0 Å². The fraction of sp³-hybridized carbons (Fsp3) is 0.833. The summed E-state index contributed by atoms with van der Waals surface area (Å²) >= 11 is 0. The Morgan fingerprint density at radius 2 is 2.33 bits per heavy atom. The van der Waals surface area contributed by atoms with Crippen LogP contribution >= 0.6 is 0 Å². The Morgan fingerprint density at radius 1 is 1.40 bits per heavy atom. The molecule has 1 saturated heterocycles. The second-order valence-corrected chi connectivity index (χ2v) is 4.59. The highest BCUT2D eigenvalue weighted by atomic mass is 16.5. The zero-order valence-corrected chi connectivity index (χ0v) is 9.27. The van der Waals surface area contributed by atoms with E-state index in [0.717, 1.165) is 25.6 Å². The van der Waals surface area contributed by atoms with Crippen LogP contribution in [0, 0.1) is 5.92 Å². The van der Waals surface area contributed by atoms with Crippen molar-refractivity contribution < 1.29 is 9.84 Å². The van der Waals surface area contributed by atoms with Crippen molar-refractivity contribution in [2.24, 2.45) is 5.92 Å². The lowest BCUT2D eigenvalue weighted by Crippen LogP contribution is -2.45. The van der Waals surface area contributed by atoms with Gasteiger partial charge in [-0.05, 0) is 25.2 Å². The van der Waals surface area contributed by atoms with E-state index in [4.69, 9.17) is 9.84 Å². The Balaban J connectivity index is 1.75. The molecular formula is C12H21NO2. The van der Waals surface area contributed by atoms with Gasteiger partial charge >= 0.3 is 0 Å². The van der Waals surface area contributed by atoms with Crippen LogP contribution in [0.5, 0.6) is 0 Å². The predicted molar refractivity (Wildman–Crippen MR) is 59.7 cm³/mol. The standard InChI is InChI=1S/C12H21NO2/c14-10-12-9-13(6-7-15-12)8-11-4-2-1-3-5-11/h1-2,11-12,14H,3-10H2. The summed E-state index contributed by atoms with van der Waals surface area (Å²) in [5, 5.41) is 9.05. The number of ether oxygens (including phenoxy) is 1. The van der Waals surface area contributed by atoms with Crippen LogP contribution in [0.25, 0.3) is 0 Å². The molecule has 2 rings (SSSR count). The molecule has 0 saturated carbocycles. The van der Waals surface area contributed by atoms with E-state index >= 15 is 0 Å². The maximum Gasteiger partial charge on any atom is 0.0932 e. The lowest BCUT2D eigenvalue weighted by Gasteiger charge is -2.34. The highest BCUT2D eigenvalue weighted by Crippen LogP contribution is 2.20. The van der Waals surface area contributed by atoms with Gasteiger partial charge in [0.15, 0.2) is 0 Å². The third-order valence-corrected chi connectivity index (χ3v) is 3.32. The van der Waals surface area contributed by atoms with Crippen LogP contribution in [-0.2, 0) is 4.74 Å². The lowest BCUT2D eigenvalue weighted by molar-refractivity contribution is -0.0564. The molecule has 3 heteroatoms. The maximum absolute atomic E-state index is 9.05. The molecule has 1 N–H and O–H groups in total. The second-order valence-electron chi connectivity index (χ2n) is 4.59. The van der Waals surface area contributed by atoms with Crippen LogP contribution < -0.4 is 0 Å². The average molecular weight is 211 g/mol. The topological polar surface area (TPSA) is 32.7 Å². The zero-order chi connectivity index (χ0) is 10.5. The van der Waals surface area contributed by atoms with E-state index in [-0.39, 0.29) is 12.7 Å². The number of allylic oxidation sites excluding steroid dienone is 2. The van der Waals surface area contributed by atoms with Crippen molar-refractivity contribution in [2.75, 3.05) is 32.8 Å². The van der Waals surface area contributed by atoms with Gasteiger partial charge in [-0.1, -0.05) is 12.2 Å². The van der Waals surface area contributed by atoms with Gasteiger partial charge in [-0.3, -0.25) is 4.90 Å². The third kappa shape index (κ3) is 3.30. The van der Waals surface area contributed by atoms with E-state index in [9.17, 15) is 0 Å². The minimum Gasteiger partial charge on any atom is -0.394 e. The van der Waals surface area contributed by atoms with Crippen molar-refractivity contribution in [1.82, 2.24) is 4.90 Å². The number of hydrogen-bond acceptors (Lipinski definition) is 3. The smallest absolute Gasteiger partial charge is 0.0932 e. The minimum absolute atomic E-state index is 0.0397. The molecule has 15 heavy (non-hydrogen) atoms. The van der Waals surface area contributed by atoms with Gasteiger partial charge in [0.25, 0.3) is 0 Å². The maximum atomic E-state index is 9.05. The number of hydrogen-bond donors (Lipinski definition) is 1. The van der Waals surface area contributed by atoms with E-state index in [1.807, 2.05) is 0 Å². The average Bonchev–Trinajstić information content (AvgIpc) is 2.31. The van der Waals surface area contributed by atoms with Crippen molar-refractivity contribution in [1.29, 1.82) is 0 Å². The summed E-state index contributed by atoms with van der Waals surface area (Å²) in [5.74, 6) is 0.812. The number of aliphatic hydroxyl groups excluding tert-OH is 1. The van der Waals surface area contributed by atoms with Crippen molar-refractivity contribution in [2.45, 2.75) is 25.4 Å². The Kier molecular flexibility index (Phi) is 4.18. The zero-order valence-electron chi connectivity index (χ0n) is 9.27. The van der Waals surface area contributed by atoms with Crippen LogP contribution in [0.15, 0.2) is 12.2 Å². The Hall–Kier alpha value is -0.380. The summed E-state index contributed by atoms with van der Waals surface area (Å²) in [7, 11) is 0. The molecule has 0 aromatic carbocycles. The molecule has 3 nitrogen and oxygen atoms in total. The first-order chi connectivity index (χ1) is 7.38. The Morgan fingerprint density at radius 3 is 3.07 bits per heavy atom. The van der Waals surface area contributed by atoms with E-state index < -0.39 is 0 Å². The highest BCUT2D eigenvalue weighted by Gasteiger charge is 2.22. The van der Waals surface area contributed by atoms with Gasteiger partial charge in [-0.2, -0.15) is 0 Å². The molecule has 2 atom stereocenters. The molecule has 0 aromatic heterocycles. The van der Waals surface area contributed by atoms with Crippen LogP contribution in [0.2, 0.25) is 0 Å².